The SMILES string of the molecule is CN1CCN(C(=O)c2cccc(Cn3nc(-c4nc(-c5ccc(C(C)(C)C(F)(F)F)cc5)no4)ccc3=O)c2)CC1. The van der Waals surface area contributed by atoms with E-state index in [1.807, 2.05) is 18.0 Å². The van der Waals surface area contributed by atoms with E-state index in [1.54, 1.807) is 18.2 Å². The lowest BCUT2D eigenvalue weighted by atomic mass is 9.83. The smallest absolute Gasteiger partial charge is 0.336 e. The van der Waals surface area contributed by atoms with Gasteiger partial charge in [-0.3, -0.25) is 9.59 Å². The topological polar surface area (TPSA) is 97.4 Å². The van der Waals surface area contributed by atoms with Gasteiger partial charge in [0.2, 0.25) is 5.82 Å². The minimum Gasteiger partial charge on any atom is -0.336 e. The van der Waals surface area contributed by atoms with Crippen molar-refractivity contribution >= 4 is 5.91 Å². The van der Waals surface area contributed by atoms with Gasteiger partial charge in [0.1, 0.15) is 5.69 Å². The van der Waals surface area contributed by atoms with Crippen LogP contribution in [0.15, 0.2) is 70.0 Å². The first-order valence-electron chi connectivity index (χ1n) is 13.1. The molecule has 1 aliphatic rings. The summed E-state index contributed by atoms with van der Waals surface area (Å²) in [7, 11) is 2.02. The van der Waals surface area contributed by atoms with E-state index in [4.69, 9.17) is 4.52 Å². The van der Waals surface area contributed by atoms with E-state index in [1.165, 1.54) is 41.1 Å². The van der Waals surface area contributed by atoms with Crippen molar-refractivity contribution < 1.29 is 22.5 Å². The van der Waals surface area contributed by atoms with E-state index in [2.05, 4.69) is 20.1 Å². The Balaban J connectivity index is 1.33. The number of piperazine rings is 1. The third kappa shape index (κ3) is 5.92. The van der Waals surface area contributed by atoms with Gasteiger partial charge in [-0.05, 0) is 50.2 Å². The summed E-state index contributed by atoms with van der Waals surface area (Å²) in [5.74, 6) is 0.167. The quantitative estimate of drug-likeness (QED) is 0.345. The van der Waals surface area contributed by atoms with Crippen molar-refractivity contribution in [2.24, 2.45) is 0 Å². The Hall–Kier alpha value is -4.32. The van der Waals surface area contributed by atoms with Gasteiger partial charge in [-0.1, -0.05) is 41.6 Å². The van der Waals surface area contributed by atoms with E-state index >= 15 is 0 Å². The van der Waals surface area contributed by atoms with Crippen LogP contribution >= 0.6 is 0 Å². The molecule has 0 spiro atoms. The first kappa shape index (κ1) is 28.2. The van der Waals surface area contributed by atoms with Crippen molar-refractivity contribution in [1.82, 2.24) is 29.7 Å². The number of alkyl halides is 3. The van der Waals surface area contributed by atoms with Crippen LogP contribution in [-0.2, 0) is 12.0 Å². The molecule has 41 heavy (non-hydrogen) atoms. The molecule has 0 aliphatic carbocycles. The molecule has 0 atom stereocenters. The summed E-state index contributed by atoms with van der Waals surface area (Å²) in [6.07, 6.45) is -4.40. The van der Waals surface area contributed by atoms with Crippen LogP contribution in [0.5, 0.6) is 0 Å². The first-order chi connectivity index (χ1) is 19.4. The predicted octanol–water partition coefficient (Wildman–Crippen LogP) is 4.24. The van der Waals surface area contributed by atoms with Gasteiger partial charge in [0.05, 0.1) is 12.0 Å². The fourth-order valence-corrected chi connectivity index (χ4v) is 4.49. The average molecular weight is 567 g/mol. The second-order valence-electron chi connectivity index (χ2n) is 10.6. The molecule has 0 unspecified atom stereocenters. The molecule has 0 radical (unpaired) electrons. The molecule has 0 saturated carbocycles. The summed E-state index contributed by atoms with van der Waals surface area (Å²) in [5, 5.41) is 8.31. The van der Waals surface area contributed by atoms with Gasteiger partial charge in [-0.25, -0.2) is 4.68 Å². The number of aromatic nitrogens is 4. The summed E-state index contributed by atoms with van der Waals surface area (Å²) < 4.78 is 46.8. The van der Waals surface area contributed by atoms with Gasteiger partial charge in [0.25, 0.3) is 17.4 Å². The van der Waals surface area contributed by atoms with Crippen molar-refractivity contribution in [2.45, 2.75) is 32.0 Å². The normalized spacial score (nSPS) is 14.8. The fourth-order valence-electron chi connectivity index (χ4n) is 4.49. The highest BCUT2D eigenvalue weighted by Crippen LogP contribution is 2.40. The third-order valence-corrected chi connectivity index (χ3v) is 7.38. The van der Waals surface area contributed by atoms with Crippen LogP contribution in [0.1, 0.15) is 35.3 Å². The van der Waals surface area contributed by atoms with Crippen molar-refractivity contribution in [3.8, 4) is 23.0 Å². The van der Waals surface area contributed by atoms with Gasteiger partial charge in [-0.2, -0.15) is 23.3 Å². The highest BCUT2D eigenvalue weighted by molar-refractivity contribution is 5.94. The zero-order valence-electron chi connectivity index (χ0n) is 22.9. The number of carbonyl (C=O) groups is 1. The van der Waals surface area contributed by atoms with E-state index in [-0.39, 0.29) is 41.0 Å². The second kappa shape index (κ2) is 10.9. The van der Waals surface area contributed by atoms with Crippen LogP contribution in [0.4, 0.5) is 13.2 Å². The zero-order chi connectivity index (χ0) is 29.4. The molecule has 5 rings (SSSR count). The first-order valence-corrected chi connectivity index (χ1v) is 13.1. The molecule has 1 aliphatic heterocycles. The molecular formula is C29H29F3N6O3. The number of rotatable bonds is 6. The summed E-state index contributed by atoms with van der Waals surface area (Å²) >= 11 is 0. The molecule has 1 amide bonds. The number of likely N-dealkylation sites (N-methyl/N-ethyl adjacent to an activating group) is 1. The van der Waals surface area contributed by atoms with Gasteiger partial charge < -0.3 is 14.3 Å². The summed E-state index contributed by atoms with van der Waals surface area (Å²) in [5.41, 5.74) is -0.261. The van der Waals surface area contributed by atoms with Gasteiger partial charge in [0.15, 0.2) is 0 Å². The molecular weight excluding hydrogens is 537 g/mol. The lowest BCUT2D eigenvalue weighted by molar-refractivity contribution is -0.180. The molecule has 1 saturated heterocycles. The summed E-state index contributed by atoms with van der Waals surface area (Å²) in [4.78, 5) is 33.9. The molecule has 12 heteroatoms. The number of nitrogens with zero attached hydrogens (tertiary/aromatic N) is 6. The molecule has 2 aromatic heterocycles. The second-order valence-corrected chi connectivity index (χ2v) is 10.6. The Labute approximate surface area is 234 Å². The Morgan fingerprint density at radius 3 is 2.37 bits per heavy atom. The predicted molar refractivity (Wildman–Crippen MR) is 145 cm³/mol. The Kier molecular flexibility index (Phi) is 7.52. The third-order valence-electron chi connectivity index (χ3n) is 7.38. The van der Waals surface area contributed by atoms with Crippen LogP contribution in [0.3, 0.4) is 0 Å². The molecule has 0 N–H and O–H groups in total. The Bertz CT molecular complexity index is 1600. The van der Waals surface area contributed by atoms with Gasteiger partial charge in [0, 0.05) is 43.4 Å². The van der Waals surface area contributed by atoms with Crippen molar-refractivity contribution in [3.63, 3.8) is 0 Å². The van der Waals surface area contributed by atoms with Crippen molar-refractivity contribution in [2.75, 3.05) is 33.2 Å². The molecule has 9 nitrogen and oxygen atoms in total. The summed E-state index contributed by atoms with van der Waals surface area (Å²) in [6, 6.07) is 15.7. The lowest BCUT2D eigenvalue weighted by Gasteiger charge is -2.32. The van der Waals surface area contributed by atoms with Crippen LogP contribution in [0, 0.1) is 0 Å². The zero-order valence-corrected chi connectivity index (χ0v) is 22.9. The van der Waals surface area contributed by atoms with E-state index in [0.717, 1.165) is 32.5 Å². The standard InChI is InChI=1S/C29H29F3N6O3/c1-28(2,29(30,31)32)22-9-7-20(8-10-22)25-33-26(41-35-25)23-11-12-24(39)38(34-23)18-19-5-4-6-21(17-19)27(40)37-15-13-36(3)14-16-37/h4-12,17H,13-16,18H2,1-3H3. The van der Waals surface area contributed by atoms with Crippen LogP contribution in [0.2, 0.25) is 0 Å². The number of benzene rings is 2. The van der Waals surface area contributed by atoms with Crippen LogP contribution in [-0.4, -0.2) is 75.0 Å². The summed E-state index contributed by atoms with van der Waals surface area (Å²) in [6.45, 7) is 5.31. The molecule has 214 valence electrons. The number of hydrogen-bond acceptors (Lipinski definition) is 7. The molecule has 0 bridgehead atoms. The van der Waals surface area contributed by atoms with Crippen LogP contribution in [0.25, 0.3) is 23.0 Å². The van der Waals surface area contributed by atoms with Gasteiger partial charge >= 0.3 is 6.18 Å². The largest absolute Gasteiger partial charge is 0.397 e. The minimum absolute atomic E-state index is 0.0486. The van der Waals surface area contributed by atoms with E-state index in [9.17, 15) is 22.8 Å². The lowest BCUT2D eigenvalue weighted by Crippen LogP contribution is -2.47. The molecule has 4 aromatic rings. The Morgan fingerprint density at radius 2 is 1.68 bits per heavy atom. The maximum Gasteiger partial charge on any atom is 0.397 e. The van der Waals surface area contributed by atoms with E-state index < -0.39 is 11.6 Å². The van der Waals surface area contributed by atoms with Crippen molar-refractivity contribution in [3.05, 3.63) is 87.7 Å². The highest BCUT2D eigenvalue weighted by atomic mass is 19.4. The fraction of sp³-hybridized carbons (Fsp3) is 0.345. The Morgan fingerprint density at radius 1 is 0.976 bits per heavy atom. The monoisotopic (exact) mass is 566 g/mol. The number of hydrogen-bond donors (Lipinski definition) is 0. The maximum absolute atomic E-state index is 13.4. The van der Waals surface area contributed by atoms with E-state index in [0.29, 0.717) is 24.2 Å². The molecule has 3 heterocycles. The molecule has 2 aromatic carbocycles. The minimum atomic E-state index is -4.40. The molecule has 1 fully saturated rings. The van der Waals surface area contributed by atoms with Crippen LogP contribution < -0.4 is 5.56 Å². The number of carbonyl (C=O) groups excluding carboxylic acids is 1. The van der Waals surface area contributed by atoms with Crippen molar-refractivity contribution in [1.29, 1.82) is 0 Å². The van der Waals surface area contributed by atoms with Gasteiger partial charge in [-0.15, -0.1) is 0 Å². The number of amides is 1. The average Bonchev–Trinajstić information content (AvgIpc) is 3.44. The highest BCUT2D eigenvalue weighted by Gasteiger charge is 2.48. The maximum atomic E-state index is 13.4. The number of halogens is 3.